The van der Waals surface area contributed by atoms with E-state index < -0.39 is 0 Å². The molecule has 3 heterocycles. The van der Waals surface area contributed by atoms with E-state index >= 15 is 0 Å². The second-order valence-corrected chi connectivity index (χ2v) is 5.38. The summed E-state index contributed by atoms with van der Waals surface area (Å²) in [6.07, 6.45) is 4.51. The summed E-state index contributed by atoms with van der Waals surface area (Å²) in [7, 11) is 0. The van der Waals surface area contributed by atoms with Crippen molar-refractivity contribution in [1.29, 1.82) is 0 Å². The van der Waals surface area contributed by atoms with Gasteiger partial charge in [0.25, 0.3) is 0 Å². The highest BCUT2D eigenvalue weighted by atomic mass is 79.9. The molecule has 0 aromatic carbocycles. The Morgan fingerprint density at radius 2 is 1.92 bits per heavy atom. The number of hydrogen-bond acceptors (Lipinski definition) is 2. The number of rotatable bonds is 3. The topological polar surface area (TPSA) is 18.5 Å². The third kappa shape index (κ3) is 1.92. The fourth-order valence-corrected chi connectivity index (χ4v) is 2.36. The van der Waals surface area contributed by atoms with Gasteiger partial charge in [0, 0.05) is 23.6 Å². The van der Waals surface area contributed by atoms with Crippen LogP contribution in [0.15, 0.2) is 0 Å². The van der Waals surface area contributed by atoms with Crippen LogP contribution < -0.4 is 0 Å². The van der Waals surface area contributed by atoms with Crippen LogP contribution in [0.25, 0.3) is 0 Å². The lowest BCUT2D eigenvalue weighted by Crippen LogP contribution is -2.54. The summed E-state index contributed by atoms with van der Waals surface area (Å²) in [6.45, 7) is 4.02. The molecule has 0 unspecified atom stereocenters. The summed E-state index contributed by atoms with van der Waals surface area (Å²) >= 11 is 3.44. The van der Waals surface area contributed by atoms with E-state index in [4.69, 9.17) is 9.47 Å². The summed E-state index contributed by atoms with van der Waals surface area (Å²) in [6, 6.07) is 0. The Morgan fingerprint density at radius 3 is 2.38 bits per heavy atom. The molecule has 13 heavy (non-hydrogen) atoms. The molecule has 0 radical (unpaired) electrons. The summed E-state index contributed by atoms with van der Waals surface area (Å²) < 4.78 is 11.7. The predicted octanol–water partition coefficient (Wildman–Crippen LogP) is 2.70. The largest absolute Gasteiger partial charge is 0.349 e. The van der Waals surface area contributed by atoms with Gasteiger partial charge in [0.2, 0.25) is 0 Å². The second-order valence-electron chi connectivity index (χ2n) is 4.59. The van der Waals surface area contributed by atoms with Crippen LogP contribution in [-0.4, -0.2) is 24.3 Å². The molecule has 76 valence electrons. The molecule has 0 aromatic heterocycles. The molecule has 0 atom stereocenters. The van der Waals surface area contributed by atoms with Gasteiger partial charge in [0.1, 0.15) is 0 Å². The van der Waals surface area contributed by atoms with E-state index in [-0.39, 0.29) is 5.79 Å². The van der Waals surface area contributed by atoms with Crippen molar-refractivity contribution in [3.8, 4) is 0 Å². The summed E-state index contributed by atoms with van der Waals surface area (Å²) in [4.78, 5) is 0. The third-order valence-corrected chi connectivity index (χ3v) is 3.73. The molecule has 0 amide bonds. The second kappa shape index (κ2) is 3.52. The number of hydrogen-bond donors (Lipinski definition) is 0. The zero-order valence-corrected chi connectivity index (χ0v) is 9.73. The van der Waals surface area contributed by atoms with Crippen molar-refractivity contribution in [3.05, 3.63) is 0 Å². The molecule has 2 nitrogen and oxygen atoms in total. The number of ether oxygens (including phenoxy) is 2. The van der Waals surface area contributed by atoms with Gasteiger partial charge in [-0.05, 0) is 12.8 Å². The molecule has 0 aliphatic carbocycles. The van der Waals surface area contributed by atoms with E-state index in [1.807, 2.05) is 0 Å². The molecule has 3 saturated heterocycles. The zero-order chi connectivity index (χ0) is 9.36. The van der Waals surface area contributed by atoms with Gasteiger partial charge in [0.05, 0.1) is 13.2 Å². The molecule has 3 rings (SSSR count). The van der Waals surface area contributed by atoms with Crippen molar-refractivity contribution in [2.45, 2.75) is 38.4 Å². The van der Waals surface area contributed by atoms with Gasteiger partial charge in [-0.1, -0.05) is 22.9 Å². The summed E-state index contributed by atoms with van der Waals surface area (Å²) in [5, 5.41) is 1.04. The first kappa shape index (κ1) is 9.94. The smallest absolute Gasteiger partial charge is 0.168 e. The Labute approximate surface area is 88.1 Å². The van der Waals surface area contributed by atoms with E-state index in [0.29, 0.717) is 5.41 Å². The molecule has 0 N–H and O–H groups in total. The number of alkyl halides is 1. The average molecular weight is 249 g/mol. The normalized spacial score (nSPS) is 43.8. The van der Waals surface area contributed by atoms with Crippen LogP contribution in [0, 0.1) is 5.41 Å². The SMILES string of the molecule is CC12CCC(CCCBr)(OC1)OC2. The molecular weight excluding hydrogens is 232 g/mol. The Bertz CT molecular complexity index is 163. The highest BCUT2D eigenvalue weighted by molar-refractivity contribution is 9.09. The van der Waals surface area contributed by atoms with Crippen LogP contribution in [-0.2, 0) is 9.47 Å². The van der Waals surface area contributed by atoms with Gasteiger partial charge in [-0.25, -0.2) is 0 Å². The van der Waals surface area contributed by atoms with Crippen LogP contribution in [0.3, 0.4) is 0 Å². The Balaban J connectivity index is 1.95. The van der Waals surface area contributed by atoms with Gasteiger partial charge < -0.3 is 9.47 Å². The van der Waals surface area contributed by atoms with Gasteiger partial charge in [-0.15, -0.1) is 0 Å². The highest BCUT2D eigenvalue weighted by Gasteiger charge is 2.47. The Kier molecular flexibility index (Phi) is 2.69. The molecule has 3 aliphatic heterocycles. The lowest BCUT2D eigenvalue weighted by Gasteiger charge is -2.51. The minimum atomic E-state index is -0.217. The van der Waals surface area contributed by atoms with Crippen LogP contribution in [0.2, 0.25) is 0 Å². The van der Waals surface area contributed by atoms with Gasteiger partial charge in [-0.3, -0.25) is 0 Å². The van der Waals surface area contributed by atoms with Gasteiger partial charge in [-0.2, -0.15) is 0 Å². The van der Waals surface area contributed by atoms with Crippen molar-refractivity contribution in [3.63, 3.8) is 0 Å². The van der Waals surface area contributed by atoms with Crippen molar-refractivity contribution in [2.24, 2.45) is 5.41 Å². The van der Waals surface area contributed by atoms with Crippen molar-refractivity contribution >= 4 is 15.9 Å². The Morgan fingerprint density at radius 1 is 1.23 bits per heavy atom. The fourth-order valence-electron chi connectivity index (χ4n) is 2.08. The third-order valence-electron chi connectivity index (χ3n) is 3.17. The monoisotopic (exact) mass is 248 g/mol. The van der Waals surface area contributed by atoms with E-state index in [1.54, 1.807) is 0 Å². The van der Waals surface area contributed by atoms with E-state index in [2.05, 4.69) is 22.9 Å². The first-order valence-corrected chi connectivity index (χ1v) is 6.14. The molecule has 2 bridgehead atoms. The van der Waals surface area contributed by atoms with Gasteiger partial charge in [0.15, 0.2) is 5.79 Å². The zero-order valence-electron chi connectivity index (χ0n) is 8.14. The Hall–Kier alpha value is 0.400. The highest BCUT2D eigenvalue weighted by Crippen LogP contribution is 2.45. The first-order chi connectivity index (χ1) is 6.18. The summed E-state index contributed by atoms with van der Waals surface area (Å²) in [5.41, 5.74) is 0.302. The maximum atomic E-state index is 5.83. The molecule has 0 spiro atoms. The minimum Gasteiger partial charge on any atom is -0.349 e. The van der Waals surface area contributed by atoms with E-state index in [1.165, 1.54) is 6.42 Å². The molecule has 0 aromatic rings. The quantitative estimate of drug-likeness (QED) is 0.716. The van der Waals surface area contributed by atoms with Crippen LogP contribution in [0.5, 0.6) is 0 Å². The van der Waals surface area contributed by atoms with Crippen molar-refractivity contribution in [1.82, 2.24) is 0 Å². The maximum Gasteiger partial charge on any atom is 0.168 e. The maximum absolute atomic E-state index is 5.83. The molecule has 3 aliphatic rings. The van der Waals surface area contributed by atoms with E-state index in [0.717, 1.165) is 37.8 Å². The molecule has 0 saturated carbocycles. The van der Waals surface area contributed by atoms with Crippen LogP contribution in [0.1, 0.15) is 32.6 Å². The van der Waals surface area contributed by atoms with Crippen molar-refractivity contribution in [2.75, 3.05) is 18.5 Å². The van der Waals surface area contributed by atoms with Gasteiger partial charge >= 0.3 is 0 Å². The summed E-state index contributed by atoms with van der Waals surface area (Å²) in [5.74, 6) is -0.217. The van der Waals surface area contributed by atoms with Crippen molar-refractivity contribution < 1.29 is 9.47 Å². The predicted molar refractivity (Wildman–Crippen MR) is 55.0 cm³/mol. The molecular formula is C10H17BrO2. The molecule has 3 heteroatoms. The standard InChI is InChI=1S/C10H17BrO2/c1-9-4-5-10(12-7-9,13-8-9)3-2-6-11/h2-8H2,1H3. The average Bonchev–Trinajstić information content (AvgIpc) is 2.18. The minimum absolute atomic E-state index is 0.217. The van der Waals surface area contributed by atoms with E-state index in [9.17, 15) is 0 Å². The lowest BCUT2D eigenvalue weighted by atomic mass is 9.79. The molecule has 3 fully saturated rings. The number of fused-ring (bicyclic) bond motifs is 3. The fraction of sp³-hybridized carbons (Fsp3) is 1.00. The lowest BCUT2D eigenvalue weighted by molar-refractivity contribution is -0.339. The first-order valence-electron chi connectivity index (χ1n) is 5.02. The number of halogens is 1. The van der Waals surface area contributed by atoms with Crippen LogP contribution >= 0.6 is 15.9 Å². The van der Waals surface area contributed by atoms with Crippen LogP contribution in [0.4, 0.5) is 0 Å².